The van der Waals surface area contributed by atoms with Crippen molar-refractivity contribution in [3.05, 3.63) is 75.8 Å². The number of ether oxygens (including phenoxy) is 1. The Morgan fingerprint density at radius 3 is 2.81 bits per heavy atom. The van der Waals surface area contributed by atoms with Gasteiger partial charge in [0.2, 0.25) is 5.78 Å². The molecule has 0 radical (unpaired) electrons. The van der Waals surface area contributed by atoms with Crippen LogP contribution in [0.15, 0.2) is 57.9 Å². The predicted octanol–water partition coefficient (Wildman–Crippen LogP) is 4.41. The Morgan fingerprint density at radius 2 is 2.00 bits per heavy atom. The first kappa shape index (κ1) is 17.1. The average molecular weight is 361 g/mol. The maximum absolute atomic E-state index is 12.6. The number of fused-ring (bicyclic) bond motifs is 2. The van der Waals surface area contributed by atoms with E-state index in [2.05, 4.69) is 18.0 Å². The van der Waals surface area contributed by atoms with Gasteiger partial charge in [-0.15, -0.1) is 0 Å². The second kappa shape index (κ2) is 6.76. The molecule has 0 bridgehead atoms. The number of aromatic nitrogens is 1. The first-order valence-electron chi connectivity index (χ1n) is 8.86. The maximum Gasteiger partial charge on any atom is 0.336 e. The number of carbonyl (C=O) groups excluding carboxylic acids is 1. The molecular formula is C22H19NO4. The Morgan fingerprint density at radius 1 is 1.15 bits per heavy atom. The minimum absolute atomic E-state index is 0.0924. The van der Waals surface area contributed by atoms with Crippen LogP contribution in [0.4, 0.5) is 0 Å². The molecule has 5 heteroatoms. The summed E-state index contributed by atoms with van der Waals surface area (Å²) in [7, 11) is 0. The molecule has 0 saturated heterocycles. The number of nitrogens with one attached hydrogen (secondary N) is 1. The van der Waals surface area contributed by atoms with Crippen molar-refractivity contribution in [3.8, 4) is 5.75 Å². The lowest BCUT2D eigenvalue weighted by Crippen LogP contribution is -2.11. The van der Waals surface area contributed by atoms with E-state index < -0.39 is 5.63 Å². The number of hydrogen-bond donors (Lipinski definition) is 1. The fourth-order valence-electron chi connectivity index (χ4n) is 3.36. The van der Waals surface area contributed by atoms with Gasteiger partial charge in [0, 0.05) is 40.2 Å². The molecule has 2 aromatic carbocycles. The Hall–Kier alpha value is -3.34. The van der Waals surface area contributed by atoms with Crippen LogP contribution in [0, 0.1) is 6.92 Å². The van der Waals surface area contributed by atoms with Crippen LogP contribution < -0.4 is 10.4 Å². The molecule has 0 unspecified atom stereocenters. The van der Waals surface area contributed by atoms with Crippen molar-refractivity contribution in [1.82, 2.24) is 4.98 Å². The Bertz CT molecular complexity index is 1220. The molecule has 0 amide bonds. The number of aryl methyl sites for hydroxylation is 2. The van der Waals surface area contributed by atoms with Gasteiger partial charge >= 0.3 is 5.63 Å². The molecule has 0 saturated carbocycles. The van der Waals surface area contributed by atoms with Crippen molar-refractivity contribution in [2.24, 2.45) is 0 Å². The number of rotatable bonds is 5. The van der Waals surface area contributed by atoms with Gasteiger partial charge in [0.25, 0.3) is 0 Å². The van der Waals surface area contributed by atoms with Crippen molar-refractivity contribution in [2.45, 2.75) is 20.3 Å². The van der Waals surface area contributed by atoms with Crippen molar-refractivity contribution in [1.29, 1.82) is 0 Å². The van der Waals surface area contributed by atoms with Crippen LogP contribution in [0.2, 0.25) is 0 Å². The summed E-state index contributed by atoms with van der Waals surface area (Å²) in [6.07, 6.45) is 2.63. The van der Waals surface area contributed by atoms with E-state index in [1.54, 1.807) is 18.3 Å². The Balaban J connectivity index is 1.58. The van der Waals surface area contributed by atoms with Crippen LogP contribution in [0.1, 0.15) is 28.4 Å². The summed E-state index contributed by atoms with van der Waals surface area (Å²) in [5.41, 5.74) is 3.67. The smallest absolute Gasteiger partial charge is 0.336 e. The lowest BCUT2D eigenvalue weighted by atomic mass is 10.1. The van der Waals surface area contributed by atoms with Crippen molar-refractivity contribution in [3.63, 3.8) is 0 Å². The first-order chi connectivity index (χ1) is 13.1. The van der Waals surface area contributed by atoms with Gasteiger partial charge in [-0.2, -0.15) is 0 Å². The lowest BCUT2D eigenvalue weighted by Gasteiger charge is -2.07. The number of benzene rings is 2. The first-order valence-corrected chi connectivity index (χ1v) is 8.86. The highest BCUT2D eigenvalue weighted by molar-refractivity contribution is 6.09. The summed E-state index contributed by atoms with van der Waals surface area (Å²) in [6.45, 7) is 3.84. The number of carbonyl (C=O) groups is 1. The van der Waals surface area contributed by atoms with Gasteiger partial charge < -0.3 is 14.1 Å². The number of H-pyrrole nitrogens is 1. The minimum Gasteiger partial charge on any atom is -0.485 e. The molecule has 0 fully saturated rings. The van der Waals surface area contributed by atoms with E-state index in [1.165, 1.54) is 11.6 Å². The predicted molar refractivity (Wildman–Crippen MR) is 105 cm³/mol. The zero-order chi connectivity index (χ0) is 19.0. The third-order valence-corrected chi connectivity index (χ3v) is 4.78. The molecule has 0 aliphatic carbocycles. The molecule has 4 rings (SSSR count). The zero-order valence-corrected chi connectivity index (χ0v) is 15.2. The fourth-order valence-corrected chi connectivity index (χ4v) is 3.36. The quantitative estimate of drug-likeness (QED) is 0.422. The highest BCUT2D eigenvalue weighted by atomic mass is 16.5. The van der Waals surface area contributed by atoms with Crippen LogP contribution in [0.5, 0.6) is 5.75 Å². The highest BCUT2D eigenvalue weighted by Crippen LogP contribution is 2.24. The van der Waals surface area contributed by atoms with E-state index in [0.717, 1.165) is 28.3 Å². The summed E-state index contributed by atoms with van der Waals surface area (Å²) in [5.74, 6) is 0.374. The van der Waals surface area contributed by atoms with Crippen LogP contribution in [-0.4, -0.2) is 17.4 Å². The standard InChI is InChI=1S/C22H19NO4/c1-3-14-5-4-6-17-18(11-23-22(14)17)19(24)12-26-15-7-8-16-13(2)9-21(25)27-20(16)10-15/h4-11,23H,3,12H2,1-2H3. The topological polar surface area (TPSA) is 72.3 Å². The van der Waals surface area contributed by atoms with Crippen molar-refractivity contribution >= 4 is 27.7 Å². The van der Waals surface area contributed by atoms with Gasteiger partial charge in [-0.3, -0.25) is 4.79 Å². The highest BCUT2D eigenvalue weighted by Gasteiger charge is 2.14. The zero-order valence-electron chi connectivity index (χ0n) is 15.2. The monoisotopic (exact) mass is 361 g/mol. The maximum atomic E-state index is 12.6. The van der Waals surface area contributed by atoms with Gasteiger partial charge in [0.15, 0.2) is 6.61 Å². The van der Waals surface area contributed by atoms with E-state index in [-0.39, 0.29) is 12.4 Å². The molecule has 0 spiro atoms. The summed E-state index contributed by atoms with van der Waals surface area (Å²) in [4.78, 5) is 27.4. The molecule has 1 N–H and O–H groups in total. The molecule has 27 heavy (non-hydrogen) atoms. The summed E-state index contributed by atoms with van der Waals surface area (Å²) in [6, 6.07) is 12.6. The van der Waals surface area contributed by atoms with E-state index in [0.29, 0.717) is 16.9 Å². The van der Waals surface area contributed by atoms with Crippen molar-refractivity contribution < 1.29 is 13.9 Å². The van der Waals surface area contributed by atoms with E-state index in [9.17, 15) is 9.59 Å². The average Bonchev–Trinajstić information content (AvgIpc) is 3.10. The molecule has 0 atom stereocenters. The number of ketones is 1. The summed E-state index contributed by atoms with van der Waals surface area (Å²) < 4.78 is 10.9. The molecule has 2 aromatic heterocycles. The Kier molecular flexibility index (Phi) is 4.28. The van der Waals surface area contributed by atoms with Crippen LogP contribution in [0.25, 0.3) is 21.9 Å². The number of Topliss-reactive ketones (excluding diaryl/α,β-unsaturated/α-hetero) is 1. The lowest BCUT2D eigenvalue weighted by molar-refractivity contribution is 0.0923. The van der Waals surface area contributed by atoms with Crippen molar-refractivity contribution in [2.75, 3.05) is 6.61 Å². The number of para-hydroxylation sites is 1. The summed E-state index contributed by atoms with van der Waals surface area (Å²) in [5, 5.41) is 1.75. The molecule has 2 heterocycles. The van der Waals surface area contributed by atoms with Gasteiger partial charge in [-0.25, -0.2) is 4.79 Å². The minimum atomic E-state index is -0.404. The van der Waals surface area contributed by atoms with Crippen LogP contribution in [0.3, 0.4) is 0 Å². The summed E-state index contributed by atoms with van der Waals surface area (Å²) >= 11 is 0. The van der Waals surface area contributed by atoms with Gasteiger partial charge in [0.05, 0.1) is 0 Å². The molecule has 0 aliphatic rings. The van der Waals surface area contributed by atoms with Crippen LogP contribution in [-0.2, 0) is 6.42 Å². The van der Waals surface area contributed by atoms with E-state index in [1.807, 2.05) is 25.1 Å². The van der Waals surface area contributed by atoms with Gasteiger partial charge in [-0.05, 0) is 36.6 Å². The largest absolute Gasteiger partial charge is 0.485 e. The Labute approximate surface area is 155 Å². The van der Waals surface area contributed by atoms with E-state index >= 15 is 0 Å². The number of hydrogen-bond acceptors (Lipinski definition) is 4. The molecular weight excluding hydrogens is 342 g/mol. The second-order valence-electron chi connectivity index (χ2n) is 6.51. The van der Waals surface area contributed by atoms with Crippen LogP contribution >= 0.6 is 0 Å². The van der Waals surface area contributed by atoms with Gasteiger partial charge in [0.1, 0.15) is 11.3 Å². The second-order valence-corrected chi connectivity index (χ2v) is 6.51. The van der Waals surface area contributed by atoms with E-state index in [4.69, 9.17) is 9.15 Å². The number of aromatic amines is 1. The third-order valence-electron chi connectivity index (χ3n) is 4.78. The molecule has 136 valence electrons. The third kappa shape index (κ3) is 3.12. The normalized spacial score (nSPS) is 11.2. The molecule has 5 nitrogen and oxygen atoms in total. The SMILES string of the molecule is CCc1cccc2c(C(=O)COc3ccc4c(C)cc(=O)oc4c3)c[nH]c12. The molecule has 4 aromatic rings. The fraction of sp³-hybridized carbons (Fsp3) is 0.182. The van der Waals surface area contributed by atoms with Gasteiger partial charge in [-0.1, -0.05) is 25.1 Å². The molecule has 0 aliphatic heterocycles.